The molecular formula is C23H14ClFN2O3S. The summed E-state index contributed by atoms with van der Waals surface area (Å²) in [5.74, 6) is -0.915. The molecule has 4 aromatic rings. The van der Waals surface area contributed by atoms with Gasteiger partial charge in [0, 0.05) is 22.2 Å². The Morgan fingerprint density at radius 1 is 0.968 bits per heavy atom. The van der Waals surface area contributed by atoms with Crippen molar-refractivity contribution in [2.75, 3.05) is 5.32 Å². The lowest BCUT2D eigenvalue weighted by Gasteiger charge is -2.11. The number of fused-ring (bicyclic) bond motifs is 1. The molecule has 0 saturated heterocycles. The number of thiocarbonyl (C=S) groups is 1. The van der Waals surface area contributed by atoms with Gasteiger partial charge in [-0.25, -0.2) is 9.18 Å². The minimum absolute atomic E-state index is 0.0448. The number of halogens is 2. The van der Waals surface area contributed by atoms with E-state index in [1.54, 1.807) is 36.4 Å². The topological polar surface area (TPSA) is 71.3 Å². The van der Waals surface area contributed by atoms with Gasteiger partial charge in [0.1, 0.15) is 11.4 Å². The SMILES string of the molecule is O=C(NC(=S)Nc1ccc(-c2cc3ccccc3oc2=O)c(Cl)c1)c1ccc(F)cc1. The Morgan fingerprint density at radius 2 is 1.71 bits per heavy atom. The Kier molecular flexibility index (Phi) is 5.79. The average Bonchev–Trinajstić information content (AvgIpc) is 2.74. The molecule has 8 heteroatoms. The van der Waals surface area contributed by atoms with E-state index in [-0.39, 0.29) is 10.7 Å². The molecule has 0 radical (unpaired) electrons. The van der Waals surface area contributed by atoms with Crippen LogP contribution in [-0.2, 0) is 0 Å². The monoisotopic (exact) mass is 452 g/mol. The average molecular weight is 453 g/mol. The normalized spacial score (nSPS) is 10.6. The molecule has 154 valence electrons. The third kappa shape index (κ3) is 4.63. The van der Waals surface area contributed by atoms with Crippen molar-refractivity contribution in [3.8, 4) is 11.1 Å². The molecule has 31 heavy (non-hydrogen) atoms. The molecular weight excluding hydrogens is 439 g/mol. The summed E-state index contributed by atoms with van der Waals surface area (Å²) in [6, 6.07) is 18.9. The first kappa shape index (κ1) is 20.7. The van der Waals surface area contributed by atoms with E-state index in [1.807, 2.05) is 12.1 Å². The summed E-state index contributed by atoms with van der Waals surface area (Å²) in [6.45, 7) is 0. The molecule has 1 aromatic heterocycles. The molecule has 1 amide bonds. The fraction of sp³-hybridized carbons (Fsp3) is 0. The summed E-state index contributed by atoms with van der Waals surface area (Å²) in [4.78, 5) is 24.6. The van der Waals surface area contributed by atoms with Gasteiger partial charge in [0.25, 0.3) is 5.91 Å². The molecule has 0 bridgehead atoms. The van der Waals surface area contributed by atoms with Crippen LogP contribution in [0.3, 0.4) is 0 Å². The lowest BCUT2D eigenvalue weighted by molar-refractivity contribution is 0.0977. The molecule has 0 spiro atoms. The Balaban J connectivity index is 1.52. The van der Waals surface area contributed by atoms with Gasteiger partial charge >= 0.3 is 5.63 Å². The molecule has 0 fully saturated rings. The van der Waals surface area contributed by atoms with Gasteiger partial charge in [0.2, 0.25) is 0 Å². The summed E-state index contributed by atoms with van der Waals surface area (Å²) >= 11 is 11.6. The van der Waals surface area contributed by atoms with Crippen LogP contribution in [0, 0.1) is 5.82 Å². The zero-order valence-electron chi connectivity index (χ0n) is 15.8. The molecule has 3 aromatic carbocycles. The molecule has 5 nitrogen and oxygen atoms in total. The third-order valence-corrected chi connectivity index (χ3v) is 5.01. The number of carbonyl (C=O) groups excluding carboxylic acids is 1. The lowest BCUT2D eigenvalue weighted by atomic mass is 10.1. The highest BCUT2D eigenvalue weighted by molar-refractivity contribution is 7.80. The van der Waals surface area contributed by atoms with Gasteiger partial charge in [-0.05, 0) is 60.7 Å². The van der Waals surface area contributed by atoms with Crippen molar-refractivity contribution in [3.63, 3.8) is 0 Å². The van der Waals surface area contributed by atoms with Crippen LogP contribution in [0.2, 0.25) is 5.02 Å². The number of hydrogen-bond acceptors (Lipinski definition) is 4. The molecule has 0 aliphatic rings. The van der Waals surface area contributed by atoms with Gasteiger partial charge in [0.15, 0.2) is 5.11 Å². The molecule has 2 N–H and O–H groups in total. The first-order valence-corrected chi connectivity index (χ1v) is 9.90. The second-order valence-corrected chi connectivity index (χ2v) is 7.41. The van der Waals surface area contributed by atoms with E-state index < -0.39 is 17.3 Å². The minimum Gasteiger partial charge on any atom is -0.422 e. The summed E-state index contributed by atoms with van der Waals surface area (Å²) in [5, 5.41) is 6.50. The Morgan fingerprint density at radius 3 is 2.45 bits per heavy atom. The number of para-hydroxylation sites is 1. The number of amides is 1. The maximum Gasteiger partial charge on any atom is 0.344 e. The van der Waals surface area contributed by atoms with Crippen LogP contribution in [0.5, 0.6) is 0 Å². The van der Waals surface area contributed by atoms with Crippen molar-refractivity contribution >= 4 is 51.5 Å². The molecule has 0 saturated carbocycles. The summed E-state index contributed by atoms with van der Waals surface area (Å²) in [7, 11) is 0. The van der Waals surface area contributed by atoms with Crippen LogP contribution in [0.1, 0.15) is 10.4 Å². The molecule has 0 aliphatic heterocycles. The first-order chi connectivity index (χ1) is 14.9. The molecule has 0 atom stereocenters. The van der Waals surface area contributed by atoms with Crippen LogP contribution in [0.4, 0.5) is 10.1 Å². The number of anilines is 1. The van der Waals surface area contributed by atoms with E-state index in [0.29, 0.717) is 27.4 Å². The van der Waals surface area contributed by atoms with E-state index in [1.165, 1.54) is 24.3 Å². The van der Waals surface area contributed by atoms with Gasteiger partial charge in [-0.3, -0.25) is 10.1 Å². The number of carbonyl (C=O) groups is 1. The number of nitrogens with one attached hydrogen (secondary N) is 2. The minimum atomic E-state index is -0.497. The zero-order chi connectivity index (χ0) is 22.0. The van der Waals surface area contributed by atoms with Crippen molar-refractivity contribution < 1.29 is 13.6 Å². The van der Waals surface area contributed by atoms with E-state index >= 15 is 0 Å². The van der Waals surface area contributed by atoms with Crippen LogP contribution in [-0.4, -0.2) is 11.0 Å². The van der Waals surface area contributed by atoms with Crippen LogP contribution >= 0.6 is 23.8 Å². The highest BCUT2D eigenvalue weighted by atomic mass is 35.5. The van der Waals surface area contributed by atoms with Crippen molar-refractivity contribution in [3.05, 3.63) is 99.6 Å². The highest BCUT2D eigenvalue weighted by Gasteiger charge is 2.13. The number of benzene rings is 3. The standard InChI is InChI=1S/C23H14ClFN2O3S/c24-19-12-16(26-23(31)27-21(28)13-5-7-15(25)8-6-13)9-10-17(19)18-11-14-3-1-2-4-20(14)30-22(18)29/h1-12H,(H2,26,27,28,31). The second kappa shape index (κ2) is 8.67. The Labute approximate surface area is 186 Å². The van der Waals surface area contributed by atoms with E-state index in [2.05, 4.69) is 10.6 Å². The van der Waals surface area contributed by atoms with Gasteiger partial charge in [-0.15, -0.1) is 0 Å². The van der Waals surface area contributed by atoms with E-state index in [9.17, 15) is 14.0 Å². The van der Waals surface area contributed by atoms with Crippen molar-refractivity contribution in [1.82, 2.24) is 5.32 Å². The van der Waals surface area contributed by atoms with Crippen LogP contribution in [0.25, 0.3) is 22.1 Å². The third-order valence-electron chi connectivity index (χ3n) is 4.49. The Hall–Kier alpha value is -3.55. The molecule has 4 rings (SSSR count). The summed E-state index contributed by atoms with van der Waals surface area (Å²) < 4.78 is 18.4. The summed E-state index contributed by atoms with van der Waals surface area (Å²) in [5.41, 5.74) is 1.62. The fourth-order valence-corrected chi connectivity index (χ4v) is 3.49. The zero-order valence-corrected chi connectivity index (χ0v) is 17.4. The predicted octanol–water partition coefficient (Wildman–Crippen LogP) is 5.38. The largest absolute Gasteiger partial charge is 0.422 e. The Bertz CT molecular complexity index is 1370. The molecule has 0 aliphatic carbocycles. The van der Waals surface area contributed by atoms with Gasteiger partial charge in [-0.1, -0.05) is 35.9 Å². The van der Waals surface area contributed by atoms with Crippen LogP contribution in [0.15, 0.2) is 82.0 Å². The van der Waals surface area contributed by atoms with Crippen molar-refractivity contribution in [2.24, 2.45) is 0 Å². The highest BCUT2D eigenvalue weighted by Crippen LogP contribution is 2.30. The first-order valence-electron chi connectivity index (χ1n) is 9.11. The molecule has 1 heterocycles. The van der Waals surface area contributed by atoms with Gasteiger partial charge in [0.05, 0.1) is 10.6 Å². The molecule has 0 unspecified atom stereocenters. The maximum atomic E-state index is 13.0. The number of hydrogen-bond donors (Lipinski definition) is 2. The van der Waals surface area contributed by atoms with Gasteiger partial charge < -0.3 is 9.73 Å². The number of rotatable bonds is 3. The van der Waals surface area contributed by atoms with Crippen molar-refractivity contribution in [1.29, 1.82) is 0 Å². The lowest BCUT2D eigenvalue weighted by Crippen LogP contribution is -2.34. The van der Waals surface area contributed by atoms with Gasteiger partial charge in [-0.2, -0.15) is 0 Å². The van der Waals surface area contributed by atoms with Crippen LogP contribution < -0.4 is 16.3 Å². The summed E-state index contributed by atoms with van der Waals surface area (Å²) in [6.07, 6.45) is 0. The van der Waals surface area contributed by atoms with E-state index in [0.717, 1.165) is 5.39 Å². The smallest absolute Gasteiger partial charge is 0.344 e. The fourth-order valence-electron chi connectivity index (χ4n) is 3.00. The maximum absolute atomic E-state index is 13.0. The van der Waals surface area contributed by atoms with E-state index in [4.69, 9.17) is 28.2 Å². The quantitative estimate of drug-likeness (QED) is 0.322. The predicted molar refractivity (Wildman–Crippen MR) is 123 cm³/mol. The van der Waals surface area contributed by atoms with Crippen molar-refractivity contribution in [2.45, 2.75) is 0 Å². The second-order valence-electron chi connectivity index (χ2n) is 6.60.